The molecule has 0 spiro atoms. The fourth-order valence-corrected chi connectivity index (χ4v) is 2.18. The third kappa shape index (κ3) is 3.03. The van der Waals surface area contributed by atoms with E-state index in [1.165, 1.54) is 12.1 Å². The monoisotopic (exact) mass is 291 g/mol. The predicted octanol–water partition coefficient (Wildman–Crippen LogP) is 2.99. The molecule has 0 fully saturated rings. The van der Waals surface area contributed by atoms with Crippen molar-refractivity contribution >= 4 is 17.5 Å². The van der Waals surface area contributed by atoms with Crippen LogP contribution in [-0.2, 0) is 6.54 Å². The van der Waals surface area contributed by atoms with Crippen molar-refractivity contribution < 1.29 is 15.0 Å². The number of phenolic OH excluding ortho intramolecular Hbond substituents is 2. The lowest BCUT2D eigenvalue weighted by molar-refractivity contribution is 0.0950. The summed E-state index contributed by atoms with van der Waals surface area (Å²) in [6, 6.07) is 9.65. The highest BCUT2D eigenvalue weighted by Gasteiger charge is 2.12. The fourth-order valence-electron chi connectivity index (χ4n) is 1.87. The van der Waals surface area contributed by atoms with E-state index < -0.39 is 0 Å². The first-order valence-electron chi connectivity index (χ1n) is 6.03. The highest BCUT2D eigenvalue weighted by atomic mass is 35.5. The average molecular weight is 292 g/mol. The number of aromatic hydroxyl groups is 2. The summed E-state index contributed by atoms with van der Waals surface area (Å²) in [5.41, 5.74) is 1.92. The molecule has 0 aromatic heterocycles. The molecule has 0 heterocycles. The molecule has 0 radical (unpaired) electrons. The van der Waals surface area contributed by atoms with E-state index in [9.17, 15) is 15.0 Å². The van der Waals surface area contributed by atoms with E-state index in [4.69, 9.17) is 11.6 Å². The number of rotatable bonds is 3. The van der Waals surface area contributed by atoms with Crippen molar-refractivity contribution in [2.45, 2.75) is 13.5 Å². The van der Waals surface area contributed by atoms with Gasteiger partial charge in [0.1, 0.15) is 0 Å². The second kappa shape index (κ2) is 5.84. The number of benzene rings is 2. The van der Waals surface area contributed by atoms with Crippen molar-refractivity contribution in [1.29, 1.82) is 0 Å². The number of carbonyl (C=O) groups excluding carboxylic acids is 1. The molecule has 20 heavy (non-hydrogen) atoms. The van der Waals surface area contributed by atoms with Crippen LogP contribution >= 0.6 is 11.6 Å². The molecular weight excluding hydrogens is 278 g/mol. The van der Waals surface area contributed by atoms with Gasteiger partial charge in [-0.1, -0.05) is 29.8 Å². The van der Waals surface area contributed by atoms with Gasteiger partial charge in [0.2, 0.25) is 0 Å². The molecule has 104 valence electrons. The molecule has 0 atom stereocenters. The van der Waals surface area contributed by atoms with Crippen LogP contribution in [0.15, 0.2) is 36.4 Å². The standard InChI is InChI=1S/C15H14ClNO3/c1-9-3-2-4-11(16)14(9)15(20)17-8-10-5-6-12(18)13(19)7-10/h2-7,18-19H,8H2,1H3,(H,17,20). The van der Waals surface area contributed by atoms with Crippen LogP contribution < -0.4 is 5.32 Å². The lowest BCUT2D eigenvalue weighted by Gasteiger charge is -2.10. The van der Waals surface area contributed by atoms with Crippen molar-refractivity contribution in [3.05, 3.63) is 58.1 Å². The lowest BCUT2D eigenvalue weighted by atomic mass is 10.1. The molecular formula is C15H14ClNO3. The summed E-state index contributed by atoms with van der Waals surface area (Å²) in [5, 5.41) is 21.7. The number of nitrogens with one attached hydrogen (secondary N) is 1. The van der Waals surface area contributed by atoms with Crippen molar-refractivity contribution in [2.75, 3.05) is 0 Å². The Morgan fingerprint density at radius 2 is 1.95 bits per heavy atom. The zero-order valence-electron chi connectivity index (χ0n) is 10.9. The van der Waals surface area contributed by atoms with Gasteiger partial charge in [0.05, 0.1) is 10.6 Å². The van der Waals surface area contributed by atoms with Gasteiger partial charge in [0, 0.05) is 6.54 Å². The zero-order chi connectivity index (χ0) is 14.7. The van der Waals surface area contributed by atoms with E-state index in [1.54, 1.807) is 18.2 Å². The van der Waals surface area contributed by atoms with E-state index >= 15 is 0 Å². The first-order valence-corrected chi connectivity index (χ1v) is 6.41. The highest BCUT2D eigenvalue weighted by molar-refractivity contribution is 6.34. The van der Waals surface area contributed by atoms with Gasteiger partial charge in [-0.3, -0.25) is 4.79 Å². The molecule has 0 unspecified atom stereocenters. The predicted molar refractivity (Wildman–Crippen MR) is 77.1 cm³/mol. The molecule has 0 saturated carbocycles. The minimum absolute atomic E-state index is 0.193. The van der Waals surface area contributed by atoms with Gasteiger partial charge in [-0.05, 0) is 36.2 Å². The smallest absolute Gasteiger partial charge is 0.253 e. The summed E-state index contributed by atoms with van der Waals surface area (Å²) in [7, 11) is 0. The summed E-state index contributed by atoms with van der Waals surface area (Å²) in [6.45, 7) is 2.05. The summed E-state index contributed by atoms with van der Waals surface area (Å²) < 4.78 is 0. The van der Waals surface area contributed by atoms with Gasteiger partial charge in [-0.15, -0.1) is 0 Å². The van der Waals surface area contributed by atoms with E-state index in [1.807, 2.05) is 13.0 Å². The molecule has 2 aromatic carbocycles. The largest absolute Gasteiger partial charge is 0.504 e. The van der Waals surface area contributed by atoms with Gasteiger partial charge < -0.3 is 15.5 Å². The topological polar surface area (TPSA) is 69.6 Å². The Bertz CT molecular complexity index is 635. The van der Waals surface area contributed by atoms with Crippen LogP contribution in [0.25, 0.3) is 0 Å². The van der Waals surface area contributed by atoms with Gasteiger partial charge in [0.25, 0.3) is 5.91 Å². The number of amides is 1. The summed E-state index contributed by atoms with van der Waals surface area (Å²) in [6.07, 6.45) is 0. The Balaban J connectivity index is 2.11. The van der Waals surface area contributed by atoms with E-state index in [0.29, 0.717) is 16.1 Å². The molecule has 3 N–H and O–H groups in total. The SMILES string of the molecule is Cc1cccc(Cl)c1C(=O)NCc1ccc(O)c(O)c1. The van der Waals surface area contributed by atoms with Gasteiger partial charge in [-0.25, -0.2) is 0 Å². The van der Waals surface area contributed by atoms with E-state index in [2.05, 4.69) is 5.32 Å². The van der Waals surface area contributed by atoms with Crippen molar-refractivity contribution in [2.24, 2.45) is 0 Å². The number of carbonyl (C=O) groups is 1. The maximum Gasteiger partial charge on any atom is 0.253 e. The third-order valence-electron chi connectivity index (χ3n) is 2.94. The van der Waals surface area contributed by atoms with Crippen LogP contribution in [0, 0.1) is 6.92 Å². The summed E-state index contributed by atoms with van der Waals surface area (Å²) in [5.74, 6) is -0.687. The van der Waals surface area contributed by atoms with E-state index in [0.717, 1.165) is 5.56 Å². The maximum absolute atomic E-state index is 12.1. The minimum Gasteiger partial charge on any atom is -0.504 e. The molecule has 0 bridgehead atoms. The second-order valence-corrected chi connectivity index (χ2v) is 4.84. The number of phenols is 2. The highest BCUT2D eigenvalue weighted by Crippen LogP contribution is 2.25. The number of hydrogen-bond acceptors (Lipinski definition) is 3. The molecule has 0 aliphatic heterocycles. The van der Waals surface area contributed by atoms with E-state index in [-0.39, 0.29) is 24.0 Å². The van der Waals surface area contributed by atoms with Gasteiger partial charge in [0.15, 0.2) is 11.5 Å². The summed E-state index contributed by atoms with van der Waals surface area (Å²) >= 11 is 6.02. The van der Waals surface area contributed by atoms with Crippen LogP contribution in [0.3, 0.4) is 0 Å². The minimum atomic E-state index is -0.277. The fraction of sp³-hybridized carbons (Fsp3) is 0.133. The molecule has 2 aromatic rings. The molecule has 1 amide bonds. The Labute approximate surface area is 121 Å². The second-order valence-electron chi connectivity index (χ2n) is 4.44. The Morgan fingerprint density at radius 3 is 2.60 bits per heavy atom. The van der Waals surface area contributed by atoms with Crippen LogP contribution in [0.5, 0.6) is 11.5 Å². The van der Waals surface area contributed by atoms with Crippen molar-refractivity contribution in [3.8, 4) is 11.5 Å². The summed E-state index contributed by atoms with van der Waals surface area (Å²) in [4.78, 5) is 12.1. The molecule has 0 aliphatic rings. The Hall–Kier alpha value is -2.20. The number of aryl methyl sites for hydroxylation is 1. The quantitative estimate of drug-likeness (QED) is 0.762. The number of hydrogen-bond donors (Lipinski definition) is 3. The maximum atomic E-state index is 12.1. The Kier molecular flexibility index (Phi) is 4.15. The van der Waals surface area contributed by atoms with Crippen LogP contribution in [-0.4, -0.2) is 16.1 Å². The van der Waals surface area contributed by atoms with Crippen LogP contribution in [0.1, 0.15) is 21.5 Å². The zero-order valence-corrected chi connectivity index (χ0v) is 11.6. The molecule has 0 aliphatic carbocycles. The van der Waals surface area contributed by atoms with Gasteiger partial charge in [-0.2, -0.15) is 0 Å². The Morgan fingerprint density at radius 1 is 1.20 bits per heavy atom. The van der Waals surface area contributed by atoms with Crippen molar-refractivity contribution in [1.82, 2.24) is 5.32 Å². The first kappa shape index (κ1) is 14.2. The normalized spacial score (nSPS) is 10.3. The molecule has 4 nitrogen and oxygen atoms in total. The number of halogens is 1. The van der Waals surface area contributed by atoms with Crippen LogP contribution in [0.2, 0.25) is 5.02 Å². The van der Waals surface area contributed by atoms with Crippen LogP contribution in [0.4, 0.5) is 0 Å². The van der Waals surface area contributed by atoms with Gasteiger partial charge >= 0.3 is 0 Å². The lowest BCUT2D eigenvalue weighted by Crippen LogP contribution is -2.23. The molecule has 2 rings (SSSR count). The average Bonchev–Trinajstić information content (AvgIpc) is 2.40. The van der Waals surface area contributed by atoms with Crippen molar-refractivity contribution in [3.63, 3.8) is 0 Å². The first-order chi connectivity index (χ1) is 9.49. The third-order valence-corrected chi connectivity index (χ3v) is 3.26. The molecule has 5 heteroatoms. The molecule has 0 saturated heterocycles.